The number of amides is 1. The zero-order chi connectivity index (χ0) is 19.6. The minimum absolute atomic E-state index is 0.183. The van der Waals surface area contributed by atoms with E-state index in [0.29, 0.717) is 62.1 Å². The van der Waals surface area contributed by atoms with Crippen LogP contribution in [0, 0.1) is 0 Å². The first kappa shape index (κ1) is 19.1. The molecule has 2 aromatic rings. The maximum Gasteiger partial charge on any atom is 0.252 e. The summed E-state index contributed by atoms with van der Waals surface area (Å²) in [7, 11) is 1.55. The molecule has 4 rings (SSSR count). The van der Waals surface area contributed by atoms with E-state index in [4.69, 9.17) is 18.9 Å². The van der Waals surface area contributed by atoms with E-state index in [1.54, 1.807) is 19.2 Å². The fraction of sp³-hybridized carbons (Fsp3) is 0.381. The van der Waals surface area contributed by atoms with Gasteiger partial charge in [-0.15, -0.1) is 0 Å². The molecule has 0 unspecified atom stereocenters. The highest BCUT2D eigenvalue weighted by molar-refractivity contribution is 9.10. The number of benzene rings is 2. The van der Waals surface area contributed by atoms with Gasteiger partial charge in [0.1, 0.15) is 13.2 Å². The summed E-state index contributed by atoms with van der Waals surface area (Å²) in [6.45, 7) is 2.09. The molecule has 2 aliphatic heterocycles. The van der Waals surface area contributed by atoms with Gasteiger partial charge in [0.25, 0.3) is 5.91 Å². The van der Waals surface area contributed by atoms with Gasteiger partial charge < -0.3 is 24.3 Å². The number of carbonyl (C=O) groups is 1. The molecular formula is C21H22BrNO5. The van der Waals surface area contributed by atoms with E-state index in [9.17, 15) is 4.79 Å². The Labute approximate surface area is 172 Å². The van der Waals surface area contributed by atoms with Gasteiger partial charge in [-0.2, -0.15) is 0 Å². The molecule has 1 fully saturated rings. The van der Waals surface area contributed by atoms with Gasteiger partial charge in [-0.05, 0) is 42.7 Å². The molecule has 148 valence electrons. The van der Waals surface area contributed by atoms with E-state index >= 15 is 0 Å². The van der Waals surface area contributed by atoms with Gasteiger partial charge in [0, 0.05) is 23.2 Å². The first-order valence-corrected chi connectivity index (χ1v) is 10.0. The predicted octanol–water partition coefficient (Wildman–Crippen LogP) is 3.66. The number of carbonyl (C=O) groups excluding carboxylic acids is 1. The van der Waals surface area contributed by atoms with Gasteiger partial charge in [0.05, 0.1) is 12.6 Å². The van der Waals surface area contributed by atoms with Crippen molar-refractivity contribution in [1.82, 2.24) is 5.32 Å². The lowest BCUT2D eigenvalue weighted by molar-refractivity contribution is 0.0345. The summed E-state index contributed by atoms with van der Waals surface area (Å²) in [5.74, 6) is 1.38. The van der Waals surface area contributed by atoms with Crippen LogP contribution in [0.15, 0.2) is 40.9 Å². The van der Waals surface area contributed by atoms with Crippen molar-refractivity contribution < 1.29 is 23.7 Å². The second-order valence-electron chi connectivity index (χ2n) is 6.86. The van der Waals surface area contributed by atoms with Crippen LogP contribution in [-0.2, 0) is 10.3 Å². The molecule has 1 saturated heterocycles. The Morgan fingerprint density at radius 3 is 2.64 bits per heavy atom. The molecule has 2 aliphatic rings. The first-order valence-electron chi connectivity index (χ1n) is 9.25. The number of hydrogen-bond acceptors (Lipinski definition) is 5. The molecule has 28 heavy (non-hydrogen) atoms. The first-order chi connectivity index (χ1) is 13.6. The zero-order valence-electron chi connectivity index (χ0n) is 15.6. The number of nitrogens with one attached hydrogen (secondary N) is 1. The van der Waals surface area contributed by atoms with E-state index in [0.717, 1.165) is 10.0 Å². The average molecular weight is 448 g/mol. The van der Waals surface area contributed by atoms with Crippen molar-refractivity contribution in [3.8, 4) is 17.2 Å². The highest BCUT2D eigenvalue weighted by atomic mass is 79.9. The molecule has 0 aliphatic carbocycles. The third-order valence-electron chi connectivity index (χ3n) is 5.17. The topological polar surface area (TPSA) is 66.0 Å². The molecule has 0 radical (unpaired) electrons. The molecule has 6 nitrogen and oxygen atoms in total. The summed E-state index contributed by atoms with van der Waals surface area (Å²) in [6, 6.07) is 11.5. The van der Waals surface area contributed by atoms with Crippen molar-refractivity contribution in [3.05, 3.63) is 52.0 Å². The van der Waals surface area contributed by atoms with Crippen LogP contribution in [0.25, 0.3) is 0 Å². The number of rotatable bonds is 4. The van der Waals surface area contributed by atoms with E-state index < -0.39 is 5.54 Å². The fourth-order valence-electron chi connectivity index (χ4n) is 3.69. The number of hydrogen-bond donors (Lipinski definition) is 1. The lowest BCUT2D eigenvalue weighted by Gasteiger charge is -2.38. The summed E-state index contributed by atoms with van der Waals surface area (Å²) in [4.78, 5) is 13.2. The maximum atomic E-state index is 13.2. The fourth-order valence-corrected chi connectivity index (χ4v) is 4.08. The Bertz CT molecular complexity index is 862. The highest BCUT2D eigenvalue weighted by Crippen LogP contribution is 2.41. The summed E-state index contributed by atoms with van der Waals surface area (Å²) < 4.78 is 23.2. The largest absolute Gasteiger partial charge is 0.493 e. The second kappa shape index (κ2) is 8.01. The Kier molecular flexibility index (Phi) is 5.46. The highest BCUT2D eigenvalue weighted by Gasteiger charge is 2.36. The summed E-state index contributed by atoms with van der Waals surface area (Å²) in [6.07, 6.45) is 1.41. The maximum absolute atomic E-state index is 13.2. The molecule has 0 saturated carbocycles. The average Bonchev–Trinajstić information content (AvgIpc) is 2.73. The third-order valence-corrected chi connectivity index (χ3v) is 5.66. The minimum atomic E-state index is -0.486. The van der Waals surface area contributed by atoms with E-state index in [-0.39, 0.29) is 5.91 Å². The van der Waals surface area contributed by atoms with Gasteiger partial charge in [-0.3, -0.25) is 4.79 Å². The van der Waals surface area contributed by atoms with Crippen molar-refractivity contribution in [2.24, 2.45) is 0 Å². The van der Waals surface area contributed by atoms with Crippen LogP contribution in [0.3, 0.4) is 0 Å². The SMILES string of the molecule is COc1cc(C(=O)NC2(c3cccc(Br)c3)CCOCC2)cc2c1OCCO2. The van der Waals surface area contributed by atoms with E-state index in [1.807, 2.05) is 18.2 Å². The quantitative estimate of drug-likeness (QED) is 0.774. The monoisotopic (exact) mass is 447 g/mol. The van der Waals surface area contributed by atoms with Gasteiger partial charge in [-0.25, -0.2) is 0 Å². The van der Waals surface area contributed by atoms with Crippen molar-refractivity contribution in [1.29, 1.82) is 0 Å². The minimum Gasteiger partial charge on any atom is -0.493 e. The lowest BCUT2D eigenvalue weighted by atomic mass is 9.82. The Morgan fingerprint density at radius 1 is 1.11 bits per heavy atom. The second-order valence-corrected chi connectivity index (χ2v) is 7.78. The van der Waals surface area contributed by atoms with Crippen LogP contribution in [0.2, 0.25) is 0 Å². The lowest BCUT2D eigenvalue weighted by Crippen LogP contribution is -2.49. The Morgan fingerprint density at radius 2 is 1.89 bits per heavy atom. The van der Waals surface area contributed by atoms with Crippen LogP contribution in [0.5, 0.6) is 17.2 Å². The van der Waals surface area contributed by atoms with Crippen molar-refractivity contribution in [2.75, 3.05) is 33.5 Å². The zero-order valence-corrected chi connectivity index (χ0v) is 17.2. The summed E-state index contributed by atoms with van der Waals surface area (Å²) in [5.41, 5.74) is 1.05. The number of ether oxygens (including phenoxy) is 4. The molecule has 1 N–H and O–H groups in total. The summed E-state index contributed by atoms with van der Waals surface area (Å²) >= 11 is 3.53. The standard InChI is InChI=1S/C21H22BrNO5/c1-25-17-11-14(12-18-19(17)28-10-9-27-18)20(24)23-21(5-7-26-8-6-21)15-3-2-4-16(22)13-15/h2-4,11-13H,5-10H2,1H3,(H,23,24). The van der Waals surface area contributed by atoms with E-state index in [1.165, 1.54) is 0 Å². The smallest absolute Gasteiger partial charge is 0.252 e. The molecule has 7 heteroatoms. The molecule has 0 bridgehead atoms. The van der Waals surface area contributed by atoms with Gasteiger partial charge in [-0.1, -0.05) is 28.1 Å². The molecular weight excluding hydrogens is 426 g/mol. The molecule has 0 aromatic heterocycles. The summed E-state index contributed by atoms with van der Waals surface area (Å²) in [5, 5.41) is 3.26. The number of fused-ring (bicyclic) bond motifs is 1. The Hall–Kier alpha value is -2.25. The number of methoxy groups -OCH3 is 1. The molecule has 2 heterocycles. The van der Waals surface area contributed by atoms with Crippen molar-refractivity contribution >= 4 is 21.8 Å². The van der Waals surface area contributed by atoms with E-state index in [2.05, 4.69) is 27.3 Å². The van der Waals surface area contributed by atoms with Crippen LogP contribution in [-0.4, -0.2) is 39.4 Å². The predicted molar refractivity (Wildman–Crippen MR) is 107 cm³/mol. The van der Waals surface area contributed by atoms with Crippen molar-refractivity contribution in [2.45, 2.75) is 18.4 Å². The van der Waals surface area contributed by atoms with Crippen LogP contribution in [0.1, 0.15) is 28.8 Å². The molecule has 0 spiro atoms. The van der Waals surface area contributed by atoms with Gasteiger partial charge >= 0.3 is 0 Å². The molecule has 2 aromatic carbocycles. The van der Waals surface area contributed by atoms with Crippen molar-refractivity contribution in [3.63, 3.8) is 0 Å². The molecule has 1 amide bonds. The normalized spacial score (nSPS) is 17.6. The van der Waals surface area contributed by atoms with Gasteiger partial charge in [0.2, 0.25) is 5.75 Å². The Balaban J connectivity index is 1.67. The molecule has 0 atom stereocenters. The van der Waals surface area contributed by atoms with Crippen LogP contribution < -0.4 is 19.5 Å². The number of halogens is 1. The van der Waals surface area contributed by atoms with Gasteiger partial charge in [0.15, 0.2) is 11.5 Å². The third kappa shape index (κ3) is 3.69. The van der Waals surface area contributed by atoms with Crippen LogP contribution >= 0.6 is 15.9 Å². The van der Waals surface area contributed by atoms with Crippen LogP contribution in [0.4, 0.5) is 0 Å².